The Morgan fingerprint density at radius 2 is 2.25 bits per heavy atom. The molecule has 0 atom stereocenters. The van der Waals surface area contributed by atoms with Crippen molar-refractivity contribution in [1.29, 1.82) is 0 Å². The van der Waals surface area contributed by atoms with Gasteiger partial charge in [-0.2, -0.15) is 0 Å². The van der Waals surface area contributed by atoms with Crippen LogP contribution >= 0.6 is 0 Å². The summed E-state index contributed by atoms with van der Waals surface area (Å²) in [6.07, 6.45) is 4.46. The highest BCUT2D eigenvalue weighted by molar-refractivity contribution is 6.37. The Balaban J connectivity index is 2.43. The molecule has 0 aromatic carbocycles. The summed E-state index contributed by atoms with van der Waals surface area (Å²) in [4.78, 5) is 0. The predicted molar refractivity (Wildman–Crippen MR) is 18.5 cm³/mol. The third-order valence-corrected chi connectivity index (χ3v) is 0.231. The molecule has 2 heteroatoms. The molecule has 22 valence electrons. The van der Waals surface area contributed by atoms with Crippen molar-refractivity contribution in [2.24, 2.45) is 0 Å². The average molecular weight is 74.1 g/mol. The quantitative estimate of drug-likeness (QED) is 0.209. The summed E-state index contributed by atoms with van der Waals surface area (Å²) in [6, 6.07) is 0. The normalized spacial score (nSPS) is 8.00. The van der Waals surface area contributed by atoms with Gasteiger partial charge in [-0.25, -0.2) is 0 Å². The molecule has 0 unspecified atom stereocenters. The van der Waals surface area contributed by atoms with E-state index < -0.39 is 9.85 Å². The zero-order chi connectivity index (χ0) is 3.41. The fourth-order valence-electron chi connectivity index (χ4n) is 0. The van der Waals surface area contributed by atoms with Crippen molar-refractivity contribution in [3.05, 3.63) is 0 Å². The summed E-state index contributed by atoms with van der Waals surface area (Å²) in [5.74, 6) is 0. The summed E-state index contributed by atoms with van der Waals surface area (Å²) in [5, 5.41) is 0. The highest BCUT2D eigenvalue weighted by Crippen LogP contribution is 1.44. The molecule has 0 amide bonds. The van der Waals surface area contributed by atoms with E-state index in [0.717, 1.165) is 0 Å². The zero-order valence-corrected chi connectivity index (χ0v) is 3.58. The second kappa shape index (κ2) is 2.71. The van der Waals surface area contributed by atoms with Gasteiger partial charge in [-0.3, -0.25) is 0 Å². The van der Waals surface area contributed by atoms with Crippen LogP contribution in [0.1, 0.15) is 0 Å². The SMILES string of the molecule is C#C[SiH2]F. The van der Waals surface area contributed by atoms with Gasteiger partial charge in [0.25, 0.3) is 9.85 Å². The summed E-state index contributed by atoms with van der Waals surface area (Å²) in [7, 11) is -1.55. The number of hydrogen-bond acceptors (Lipinski definition) is 0. The molecule has 0 aromatic heterocycles. The molecule has 0 rings (SSSR count). The van der Waals surface area contributed by atoms with Crippen LogP contribution in [0.15, 0.2) is 0 Å². The molecule has 0 saturated carbocycles. The molecular weight excluding hydrogens is 71.1 g/mol. The van der Waals surface area contributed by atoms with Crippen molar-refractivity contribution in [3.63, 3.8) is 0 Å². The first-order valence-corrected chi connectivity index (χ1v) is 2.15. The number of hydrogen-bond donors (Lipinski definition) is 0. The van der Waals surface area contributed by atoms with Gasteiger partial charge in [-0.1, -0.05) is 0 Å². The van der Waals surface area contributed by atoms with Crippen LogP contribution in [0, 0.1) is 12.0 Å². The number of rotatable bonds is 0. The van der Waals surface area contributed by atoms with Gasteiger partial charge in [-0.15, -0.1) is 12.0 Å². The van der Waals surface area contributed by atoms with E-state index in [1.165, 1.54) is 0 Å². The molecule has 4 heavy (non-hydrogen) atoms. The van der Waals surface area contributed by atoms with Crippen molar-refractivity contribution < 1.29 is 4.11 Å². The Labute approximate surface area is 27.0 Å². The van der Waals surface area contributed by atoms with E-state index in [2.05, 4.69) is 6.42 Å². The molecule has 0 spiro atoms. The third kappa shape index (κ3) is 1.71. The van der Waals surface area contributed by atoms with Gasteiger partial charge >= 0.3 is 0 Å². The van der Waals surface area contributed by atoms with Gasteiger partial charge in [0.15, 0.2) is 0 Å². The summed E-state index contributed by atoms with van der Waals surface area (Å²) < 4.78 is 10.6. The molecule has 0 saturated heterocycles. The molecule has 0 heterocycles. The molecule has 0 bridgehead atoms. The topological polar surface area (TPSA) is 0 Å². The Morgan fingerprint density at radius 1 is 2.00 bits per heavy atom. The summed E-state index contributed by atoms with van der Waals surface area (Å²) in [5.41, 5.74) is 1.90. The number of terminal acetylenes is 1. The van der Waals surface area contributed by atoms with E-state index in [-0.39, 0.29) is 0 Å². The highest BCUT2D eigenvalue weighted by Gasteiger charge is 1.53. The second-order valence-corrected chi connectivity index (χ2v) is 1.01. The van der Waals surface area contributed by atoms with Gasteiger partial charge in [0.05, 0.1) is 0 Å². The van der Waals surface area contributed by atoms with Crippen LogP contribution in [-0.2, 0) is 0 Å². The minimum atomic E-state index is -1.55. The maximum absolute atomic E-state index is 10.6. The van der Waals surface area contributed by atoms with Gasteiger partial charge in [0, 0.05) is 0 Å². The largest absolute Gasteiger partial charge is 0.306 e. The second-order valence-electron chi connectivity index (χ2n) is 0.338. The first-order valence-electron chi connectivity index (χ1n) is 0.909. The minimum absolute atomic E-state index is 1.55. The molecule has 0 aliphatic rings. The van der Waals surface area contributed by atoms with Crippen LogP contribution in [0.4, 0.5) is 4.11 Å². The third-order valence-electron chi connectivity index (χ3n) is 0.0772. The van der Waals surface area contributed by atoms with Crippen molar-refractivity contribution >= 4 is 9.85 Å². The molecular formula is C2H3FSi. The van der Waals surface area contributed by atoms with Gasteiger partial charge in [-0.05, 0) is 0 Å². The standard InChI is InChI=1S/C2H3FSi/c1-2-4-3/h1H,4H2. The van der Waals surface area contributed by atoms with Crippen LogP contribution < -0.4 is 0 Å². The first kappa shape index (κ1) is 3.71. The Kier molecular flexibility index (Phi) is 2.51. The lowest BCUT2D eigenvalue weighted by Crippen LogP contribution is -1.60. The van der Waals surface area contributed by atoms with Crippen molar-refractivity contribution in [2.75, 3.05) is 0 Å². The van der Waals surface area contributed by atoms with Gasteiger partial charge in [0.1, 0.15) is 0 Å². The highest BCUT2D eigenvalue weighted by atomic mass is 28.3. The molecule has 0 aromatic rings. The zero-order valence-electron chi connectivity index (χ0n) is 2.16. The molecule has 0 fully saturated rings. The molecule has 0 nitrogen and oxygen atoms in total. The summed E-state index contributed by atoms with van der Waals surface area (Å²) in [6.45, 7) is 0. The fraction of sp³-hybridized carbons (Fsp3) is 0. The molecule has 0 N–H and O–H groups in total. The maximum Gasteiger partial charge on any atom is 0.292 e. The molecule has 0 aliphatic heterocycles. The van der Waals surface area contributed by atoms with Gasteiger partial charge in [0.2, 0.25) is 0 Å². The Hall–Kier alpha value is -0.293. The average Bonchev–Trinajstić information content (AvgIpc) is 1.37. The van der Waals surface area contributed by atoms with Crippen LogP contribution in [0.3, 0.4) is 0 Å². The Bertz CT molecular complexity index is 35.8. The minimum Gasteiger partial charge on any atom is -0.306 e. The molecule has 0 radical (unpaired) electrons. The van der Waals surface area contributed by atoms with Crippen molar-refractivity contribution in [1.82, 2.24) is 0 Å². The first-order chi connectivity index (χ1) is 1.91. The van der Waals surface area contributed by atoms with E-state index in [1.807, 2.05) is 5.54 Å². The maximum atomic E-state index is 10.6. The van der Waals surface area contributed by atoms with Crippen molar-refractivity contribution in [2.45, 2.75) is 0 Å². The van der Waals surface area contributed by atoms with Crippen LogP contribution in [0.2, 0.25) is 0 Å². The van der Waals surface area contributed by atoms with Gasteiger partial charge < -0.3 is 4.11 Å². The van der Waals surface area contributed by atoms with E-state index in [1.54, 1.807) is 0 Å². The van der Waals surface area contributed by atoms with Crippen molar-refractivity contribution in [3.8, 4) is 12.0 Å². The fourth-order valence-corrected chi connectivity index (χ4v) is 0. The van der Waals surface area contributed by atoms with E-state index in [0.29, 0.717) is 0 Å². The van der Waals surface area contributed by atoms with Crippen LogP contribution in [0.5, 0.6) is 0 Å². The monoisotopic (exact) mass is 74.0 g/mol. The number of halogens is 1. The summed E-state index contributed by atoms with van der Waals surface area (Å²) >= 11 is 0. The smallest absolute Gasteiger partial charge is 0.292 e. The van der Waals surface area contributed by atoms with E-state index >= 15 is 0 Å². The van der Waals surface area contributed by atoms with Crippen LogP contribution in [-0.4, -0.2) is 9.85 Å². The lowest BCUT2D eigenvalue weighted by atomic mass is 11.4. The lowest BCUT2D eigenvalue weighted by molar-refractivity contribution is 0.887. The van der Waals surface area contributed by atoms with E-state index in [9.17, 15) is 4.11 Å². The van der Waals surface area contributed by atoms with E-state index in [4.69, 9.17) is 0 Å². The Morgan fingerprint density at radius 3 is 2.25 bits per heavy atom. The lowest BCUT2D eigenvalue weighted by Gasteiger charge is -1.47. The van der Waals surface area contributed by atoms with Crippen LogP contribution in [0.25, 0.3) is 0 Å². The predicted octanol–water partition coefficient (Wildman–Crippen LogP) is -0.370. The molecule has 0 aliphatic carbocycles.